The van der Waals surface area contributed by atoms with Gasteiger partial charge in [-0.2, -0.15) is 0 Å². The minimum Gasteiger partial charge on any atom is -0.341 e. The maximum Gasteiger partial charge on any atom is 0.252 e. The Balaban J connectivity index is 2.59. The summed E-state index contributed by atoms with van der Waals surface area (Å²) in [7, 11) is 0. The van der Waals surface area contributed by atoms with E-state index >= 15 is 0 Å². The van der Waals surface area contributed by atoms with Gasteiger partial charge in [0.1, 0.15) is 0 Å². The minimum absolute atomic E-state index is 0.138. The quantitative estimate of drug-likeness (QED) is 0.658. The highest BCUT2D eigenvalue weighted by Gasteiger charge is 2.02. The lowest BCUT2D eigenvalue weighted by atomic mass is 10.2. The standard InChI is InChI=1S/C10H7ClINO/c11-9-4-2-8(3-5-9)10(14)13-7-1-6-12/h2-5H,7H2,(H,13,14). The third kappa shape index (κ3) is 3.56. The fourth-order valence-corrected chi connectivity index (χ4v) is 1.18. The molecule has 0 saturated heterocycles. The summed E-state index contributed by atoms with van der Waals surface area (Å²) >= 11 is 7.61. The first-order valence-corrected chi connectivity index (χ1v) is 5.32. The van der Waals surface area contributed by atoms with Gasteiger partial charge in [-0.15, -0.1) is 0 Å². The molecular weight excluding hydrogens is 312 g/mol. The maximum atomic E-state index is 11.4. The van der Waals surface area contributed by atoms with Gasteiger partial charge >= 0.3 is 0 Å². The van der Waals surface area contributed by atoms with Gasteiger partial charge in [-0.25, -0.2) is 0 Å². The molecule has 0 spiro atoms. The van der Waals surface area contributed by atoms with Gasteiger partial charge in [-0.05, 0) is 28.2 Å². The lowest BCUT2D eigenvalue weighted by Gasteiger charge is -2.00. The Kier molecular flexibility index (Phi) is 4.77. The third-order valence-corrected chi connectivity index (χ3v) is 2.14. The van der Waals surface area contributed by atoms with Crippen LogP contribution in [-0.4, -0.2) is 12.5 Å². The largest absolute Gasteiger partial charge is 0.341 e. The van der Waals surface area contributed by atoms with E-state index in [0.29, 0.717) is 17.1 Å². The highest BCUT2D eigenvalue weighted by Crippen LogP contribution is 2.08. The number of rotatable bonds is 2. The second-order valence-electron chi connectivity index (χ2n) is 2.46. The summed E-state index contributed by atoms with van der Waals surface area (Å²) < 4.78 is 2.67. The minimum atomic E-state index is -0.138. The van der Waals surface area contributed by atoms with Crippen LogP contribution in [0.2, 0.25) is 5.02 Å². The molecule has 0 aliphatic rings. The van der Waals surface area contributed by atoms with E-state index in [2.05, 4.69) is 15.2 Å². The highest BCUT2D eigenvalue weighted by molar-refractivity contribution is 14.1. The van der Waals surface area contributed by atoms with Crippen LogP contribution < -0.4 is 5.32 Å². The summed E-state index contributed by atoms with van der Waals surface area (Å²) in [5.41, 5.74) is 0.588. The summed E-state index contributed by atoms with van der Waals surface area (Å²) in [5, 5.41) is 3.28. The van der Waals surface area contributed by atoms with Crippen LogP contribution in [0, 0.1) is 9.85 Å². The molecule has 0 atom stereocenters. The molecule has 1 amide bonds. The predicted octanol–water partition coefficient (Wildman–Crippen LogP) is 2.47. The van der Waals surface area contributed by atoms with Gasteiger partial charge in [0.15, 0.2) is 0 Å². The van der Waals surface area contributed by atoms with Crippen molar-refractivity contribution in [2.75, 3.05) is 6.54 Å². The Morgan fingerprint density at radius 2 is 2.07 bits per heavy atom. The Hall–Kier alpha value is -0.730. The first kappa shape index (κ1) is 11.3. The smallest absolute Gasteiger partial charge is 0.252 e. The van der Waals surface area contributed by atoms with E-state index < -0.39 is 0 Å². The maximum absolute atomic E-state index is 11.4. The molecule has 1 aromatic carbocycles. The molecule has 0 saturated carbocycles. The van der Waals surface area contributed by atoms with Gasteiger partial charge < -0.3 is 5.32 Å². The van der Waals surface area contributed by atoms with Crippen LogP contribution in [0.5, 0.6) is 0 Å². The van der Waals surface area contributed by atoms with Gasteiger partial charge in [0, 0.05) is 33.2 Å². The number of amides is 1. The van der Waals surface area contributed by atoms with E-state index in [1.807, 2.05) is 22.6 Å². The van der Waals surface area contributed by atoms with E-state index in [0.717, 1.165) is 0 Å². The van der Waals surface area contributed by atoms with E-state index in [1.165, 1.54) is 0 Å². The Labute approximate surface area is 101 Å². The summed E-state index contributed by atoms with van der Waals surface area (Å²) in [6, 6.07) is 6.71. The van der Waals surface area contributed by atoms with Gasteiger partial charge in [0.2, 0.25) is 0 Å². The van der Waals surface area contributed by atoms with Crippen LogP contribution in [0.15, 0.2) is 24.3 Å². The molecule has 1 N–H and O–H groups in total. The first-order valence-electron chi connectivity index (χ1n) is 3.86. The molecule has 0 radical (unpaired) electrons. The summed E-state index contributed by atoms with van der Waals surface area (Å²) in [6.07, 6.45) is 0. The normalized spacial score (nSPS) is 8.71. The van der Waals surface area contributed by atoms with E-state index in [4.69, 9.17) is 11.6 Å². The molecular formula is C10H7ClINO. The Morgan fingerprint density at radius 1 is 1.43 bits per heavy atom. The van der Waals surface area contributed by atoms with Crippen LogP contribution in [-0.2, 0) is 0 Å². The summed E-state index contributed by atoms with van der Waals surface area (Å²) in [6.45, 7) is 0.365. The second-order valence-corrected chi connectivity index (χ2v) is 3.44. The molecule has 1 aromatic rings. The van der Waals surface area contributed by atoms with Crippen molar-refractivity contribution in [3.8, 4) is 9.85 Å². The first-order chi connectivity index (χ1) is 6.74. The molecule has 4 heteroatoms. The van der Waals surface area contributed by atoms with Crippen molar-refractivity contribution in [2.24, 2.45) is 0 Å². The monoisotopic (exact) mass is 319 g/mol. The summed E-state index contributed by atoms with van der Waals surface area (Å²) in [5.74, 6) is 2.60. The van der Waals surface area contributed by atoms with Gasteiger partial charge in [-0.1, -0.05) is 17.5 Å². The number of carbonyl (C=O) groups excluding carboxylic acids is 1. The van der Waals surface area contributed by atoms with Crippen molar-refractivity contribution < 1.29 is 4.79 Å². The molecule has 0 heterocycles. The molecule has 0 unspecified atom stereocenters. The molecule has 0 aliphatic heterocycles. The average Bonchev–Trinajstić information content (AvgIpc) is 2.19. The van der Waals surface area contributed by atoms with Crippen molar-refractivity contribution in [1.82, 2.24) is 5.32 Å². The van der Waals surface area contributed by atoms with Crippen molar-refractivity contribution in [2.45, 2.75) is 0 Å². The van der Waals surface area contributed by atoms with Crippen molar-refractivity contribution in [3.05, 3.63) is 34.9 Å². The number of nitrogens with one attached hydrogen (secondary N) is 1. The highest BCUT2D eigenvalue weighted by atomic mass is 127. The molecule has 2 nitrogen and oxygen atoms in total. The van der Waals surface area contributed by atoms with E-state index in [1.54, 1.807) is 24.3 Å². The number of halogens is 2. The van der Waals surface area contributed by atoms with Crippen LogP contribution in [0.4, 0.5) is 0 Å². The molecule has 14 heavy (non-hydrogen) atoms. The summed E-state index contributed by atoms with van der Waals surface area (Å²) in [4.78, 5) is 11.4. The zero-order valence-corrected chi connectivity index (χ0v) is 10.1. The topological polar surface area (TPSA) is 29.1 Å². The van der Waals surface area contributed by atoms with Crippen molar-refractivity contribution in [1.29, 1.82) is 0 Å². The SMILES string of the molecule is O=C(NCC#CI)c1ccc(Cl)cc1. The van der Waals surface area contributed by atoms with Crippen LogP contribution in [0.1, 0.15) is 10.4 Å². The average molecular weight is 320 g/mol. The van der Waals surface area contributed by atoms with Crippen LogP contribution in [0.25, 0.3) is 0 Å². The Bertz CT molecular complexity index is 377. The number of hydrogen-bond acceptors (Lipinski definition) is 1. The molecule has 0 fully saturated rings. The molecule has 0 aliphatic carbocycles. The Morgan fingerprint density at radius 3 is 2.64 bits per heavy atom. The fraction of sp³-hybridized carbons (Fsp3) is 0.100. The van der Waals surface area contributed by atoms with Crippen LogP contribution >= 0.6 is 34.2 Å². The van der Waals surface area contributed by atoms with Crippen molar-refractivity contribution >= 4 is 40.1 Å². The number of hydrogen-bond donors (Lipinski definition) is 1. The predicted molar refractivity (Wildman–Crippen MR) is 65.6 cm³/mol. The molecule has 0 bridgehead atoms. The van der Waals surface area contributed by atoms with E-state index in [-0.39, 0.29) is 5.91 Å². The van der Waals surface area contributed by atoms with Gasteiger partial charge in [-0.3, -0.25) is 4.79 Å². The third-order valence-electron chi connectivity index (χ3n) is 1.51. The zero-order valence-electron chi connectivity index (χ0n) is 7.18. The number of carbonyl (C=O) groups is 1. The molecule has 0 aromatic heterocycles. The fourth-order valence-electron chi connectivity index (χ4n) is 0.861. The zero-order chi connectivity index (χ0) is 10.4. The van der Waals surface area contributed by atoms with Crippen molar-refractivity contribution in [3.63, 3.8) is 0 Å². The lowest BCUT2D eigenvalue weighted by molar-refractivity contribution is 0.0958. The lowest BCUT2D eigenvalue weighted by Crippen LogP contribution is -2.23. The van der Waals surface area contributed by atoms with Gasteiger partial charge in [0.05, 0.1) is 6.54 Å². The molecule has 72 valence electrons. The van der Waals surface area contributed by atoms with Crippen LogP contribution in [0.3, 0.4) is 0 Å². The second kappa shape index (κ2) is 5.89. The van der Waals surface area contributed by atoms with E-state index in [9.17, 15) is 4.79 Å². The molecule has 1 rings (SSSR count). The van der Waals surface area contributed by atoms with Gasteiger partial charge in [0.25, 0.3) is 5.91 Å². The number of benzene rings is 1.